The number of hydrogen-bond donors (Lipinski definition) is 1. The minimum atomic E-state index is -5.99. The molecule has 13 heteroatoms. The lowest BCUT2D eigenvalue weighted by molar-refractivity contribution is -0.284. The van der Waals surface area contributed by atoms with Gasteiger partial charge in [-0.1, -0.05) is 0 Å². The van der Waals surface area contributed by atoms with Gasteiger partial charge < -0.3 is 5.32 Å². The topological polar surface area (TPSA) is 63.2 Å². The molecular formula is C13H19F8NO3S. The second-order valence-electron chi connectivity index (χ2n) is 6.25. The van der Waals surface area contributed by atoms with Crippen LogP contribution in [0.2, 0.25) is 0 Å². The standard InChI is InChI=1S/C13H19F8NO3S/c1-8(2)22-9(23)10(3,4-5-11(14,15)13(19,20)21)26(24,25)7-6-12(16,17)18/h8H,4-7H2,1-3H3,(H,22,23). The largest absolute Gasteiger partial charge is 0.453 e. The minimum absolute atomic E-state index is 0.545. The van der Waals surface area contributed by atoms with Crippen molar-refractivity contribution in [3.63, 3.8) is 0 Å². The van der Waals surface area contributed by atoms with Crippen LogP contribution >= 0.6 is 0 Å². The van der Waals surface area contributed by atoms with Gasteiger partial charge in [0, 0.05) is 12.5 Å². The molecule has 0 fully saturated rings. The molecule has 156 valence electrons. The summed E-state index contributed by atoms with van der Waals surface area (Å²) >= 11 is 0. The average Bonchev–Trinajstić information content (AvgIpc) is 2.39. The Kier molecular flexibility index (Phi) is 7.50. The van der Waals surface area contributed by atoms with E-state index in [1.54, 1.807) is 0 Å². The molecule has 1 unspecified atom stereocenters. The number of rotatable bonds is 8. The Morgan fingerprint density at radius 2 is 1.38 bits per heavy atom. The van der Waals surface area contributed by atoms with Crippen LogP contribution in [0, 0.1) is 0 Å². The van der Waals surface area contributed by atoms with Gasteiger partial charge in [0.1, 0.15) is 4.75 Å². The second kappa shape index (κ2) is 7.85. The van der Waals surface area contributed by atoms with Crippen LogP contribution in [0.1, 0.15) is 40.0 Å². The number of halogens is 8. The number of sulfone groups is 1. The maximum Gasteiger partial charge on any atom is 0.453 e. The number of amides is 1. The van der Waals surface area contributed by atoms with Gasteiger partial charge >= 0.3 is 18.3 Å². The Labute approximate surface area is 145 Å². The molecule has 0 aromatic rings. The van der Waals surface area contributed by atoms with Crippen molar-refractivity contribution in [3.8, 4) is 0 Å². The summed E-state index contributed by atoms with van der Waals surface area (Å²) in [5, 5.41) is 2.04. The highest BCUT2D eigenvalue weighted by Crippen LogP contribution is 2.41. The van der Waals surface area contributed by atoms with E-state index >= 15 is 0 Å². The van der Waals surface area contributed by atoms with Crippen LogP contribution in [0.4, 0.5) is 35.1 Å². The van der Waals surface area contributed by atoms with Gasteiger partial charge in [-0.25, -0.2) is 8.42 Å². The molecule has 0 aromatic heterocycles. The third-order valence-electron chi connectivity index (χ3n) is 3.57. The number of carbonyl (C=O) groups excluding carboxylic acids is 1. The van der Waals surface area contributed by atoms with Crippen molar-refractivity contribution in [2.24, 2.45) is 0 Å². The maximum absolute atomic E-state index is 13.1. The molecule has 0 aliphatic heterocycles. The summed E-state index contributed by atoms with van der Waals surface area (Å²) in [4.78, 5) is 12.1. The zero-order chi connectivity index (χ0) is 21.2. The zero-order valence-corrected chi connectivity index (χ0v) is 14.9. The van der Waals surface area contributed by atoms with E-state index in [9.17, 15) is 48.3 Å². The van der Waals surface area contributed by atoms with Gasteiger partial charge in [0.05, 0.1) is 12.2 Å². The fourth-order valence-electron chi connectivity index (χ4n) is 1.84. The van der Waals surface area contributed by atoms with Gasteiger partial charge in [0.25, 0.3) is 0 Å². The predicted octanol–water partition coefficient (Wildman–Crippen LogP) is 3.61. The summed E-state index contributed by atoms with van der Waals surface area (Å²) < 4.78 is 121. The van der Waals surface area contributed by atoms with E-state index in [0.29, 0.717) is 6.92 Å². The Hall–Kier alpha value is -1.14. The maximum atomic E-state index is 13.1. The number of nitrogens with one attached hydrogen (secondary N) is 1. The molecule has 0 heterocycles. The Morgan fingerprint density at radius 3 is 1.73 bits per heavy atom. The molecular weight excluding hydrogens is 402 g/mol. The molecule has 26 heavy (non-hydrogen) atoms. The monoisotopic (exact) mass is 421 g/mol. The lowest BCUT2D eigenvalue weighted by Crippen LogP contribution is -2.54. The molecule has 1 N–H and O–H groups in total. The van der Waals surface area contributed by atoms with Crippen LogP contribution in [0.25, 0.3) is 0 Å². The van der Waals surface area contributed by atoms with E-state index in [4.69, 9.17) is 0 Å². The molecule has 0 rings (SSSR count). The molecule has 1 amide bonds. The summed E-state index contributed by atoms with van der Waals surface area (Å²) in [6.45, 7) is 3.25. The Bertz CT molecular complexity index is 597. The van der Waals surface area contributed by atoms with Crippen LogP contribution in [-0.4, -0.2) is 49.1 Å². The molecule has 0 saturated carbocycles. The first-order chi connectivity index (χ1) is 11.3. The van der Waals surface area contributed by atoms with Crippen LogP contribution in [-0.2, 0) is 14.6 Å². The van der Waals surface area contributed by atoms with Crippen molar-refractivity contribution in [1.29, 1.82) is 0 Å². The normalized spacial score (nSPS) is 16.5. The van der Waals surface area contributed by atoms with Gasteiger partial charge in [0.15, 0.2) is 9.84 Å². The fourth-order valence-corrected chi connectivity index (χ4v) is 3.54. The summed E-state index contributed by atoms with van der Waals surface area (Å²) in [7, 11) is -5.00. The number of hydrogen-bond acceptors (Lipinski definition) is 3. The highest BCUT2D eigenvalue weighted by atomic mass is 32.2. The lowest BCUT2D eigenvalue weighted by Gasteiger charge is -2.31. The van der Waals surface area contributed by atoms with E-state index in [2.05, 4.69) is 0 Å². The summed E-state index contributed by atoms with van der Waals surface area (Å²) in [5.41, 5.74) is 0. The number of carbonyl (C=O) groups is 1. The average molecular weight is 421 g/mol. The van der Waals surface area contributed by atoms with Crippen LogP contribution in [0.15, 0.2) is 0 Å². The smallest absolute Gasteiger partial charge is 0.353 e. The highest BCUT2D eigenvalue weighted by molar-refractivity contribution is 7.93. The lowest BCUT2D eigenvalue weighted by atomic mass is 9.99. The third-order valence-corrected chi connectivity index (χ3v) is 6.08. The van der Waals surface area contributed by atoms with E-state index in [1.165, 1.54) is 13.8 Å². The molecule has 0 saturated heterocycles. The van der Waals surface area contributed by atoms with Gasteiger partial charge in [-0.15, -0.1) is 0 Å². The number of alkyl halides is 8. The Morgan fingerprint density at radius 1 is 0.923 bits per heavy atom. The summed E-state index contributed by atoms with van der Waals surface area (Å²) in [6, 6.07) is -0.720. The van der Waals surface area contributed by atoms with E-state index in [0.717, 1.165) is 0 Å². The second-order valence-corrected chi connectivity index (χ2v) is 8.78. The van der Waals surface area contributed by atoms with Gasteiger partial charge in [-0.3, -0.25) is 4.79 Å². The van der Waals surface area contributed by atoms with Gasteiger partial charge in [-0.2, -0.15) is 35.1 Å². The van der Waals surface area contributed by atoms with E-state index < -0.39 is 69.8 Å². The van der Waals surface area contributed by atoms with Crippen molar-refractivity contribution < 1.29 is 48.3 Å². The van der Waals surface area contributed by atoms with E-state index in [-0.39, 0.29) is 0 Å². The van der Waals surface area contributed by atoms with Crippen LogP contribution in [0.3, 0.4) is 0 Å². The van der Waals surface area contributed by atoms with Gasteiger partial charge in [0.2, 0.25) is 5.91 Å². The minimum Gasteiger partial charge on any atom is -0.353 e. The first-order valence-corrected chi connectivity index (χ1v) is 8.95. The summed E-state index contributed by atoms with van der Waals surface area (Å²) in [5.74, 6) is -8.35. The van der Waals surface area contributed by atoms with Crippen molar-refractivity contribution in [2.45, 2.75) is 69.1 Å². The van der Waals surface area contributed by atoms with Crippen molar-refractivity contribution in [3.05, 3.63) is 0 Å². The fraction of sp³-hybridized carbons (Fsp3) is 0.923. The summed E-state index contributed by atoms with van der Waals surface area (Å²) in [6.07, 6.45) is -16.3. The molecule has 4 nitrogen and oxygen atoms in total. The van der Waals surface area contributed by atoms with Crippen molar-refractivity contribution in [1.82, 2.24) is 5.32 Å². The first-order valence-electron chi connectivity index (χ1n) is 7.30. The predicted molar refractivity (Wildman–Crippen MR) is 76.4 cm³/mol. The molecule has 1 atom stereocenters. The van der Waals surface area contributed by atoms with Crippen molar-refractivity contribution in [2.75, 3.05) is 5.75 Å². The third kappa shape index (κ3) is 6.54. The molecule has 0 spiro atoms. The van der Waals surface area contributed by atoms with Gasteiger partial charge in [-0.05, 0) is 27.2 Å². The molecule has 0 aliphatic rings. The Balaban J connectivity index is 5.74. The molecule has 0 radical (unpaired) electrons. The van der Waals surface area contributed by atoms with E-state index in [1.807, 2.05) is 5.32 Å². The van der Waals surface area contributed by atoms with Crippen LogP contribution < -0.4 is 5.32 Å². The first kappa shape index (κ1) is 24.9. The molecule has 0 aromatic carbocycles. The zero-order valence-electron chi connectivity index (χ0n) is 14.1. The molecule has 0 aliphatic carbocycles. The quantitative estimate of drug-likeness (QED) is 0.609. The highest BCUT2D eigenvalue weighted by Gasteiger charge is 2.59. The molecule has 0 bridgehead atoms. The van der Waals surface area contributed by atoms with Crippen LogP contribution in [0.5, 0.6) is 0 Å². The van der Waals surface area contributed by atoms with Crippen molar-refractivity contribution >= 4 is 15.7 Å². The SMILES string of the molecule is CC(C)NC(=O)C(C)(CCC(F)(F)C(F)(F)F)S(=O)(=O)CCC(F)(F)F.